The Hall–Kier alpha value is -1.59. The molecule has 1 heterocycles. The molecule has 0 radical (unpaired) electrons. The van der Waals surface area contributed by atoms with Crippen LogP contribution in [0.5, 0.6) is 5.75 Å². The van der Waals surface area contributed by atoms with Gasteiger partial charge in [-0.15, -0.1) is 11.3 Å². The summed E-state index contributed by atoms with van der Waals surface area (Å²) in [6, 6.07) is 8.05. The lowest BCUT2D eigenvalue weighted by Crippen LogP contribution is -2.20. The van der Waals surface area contributed by atoms with Gasteiger partial charge in [0.15, 0.2) is 5.13 Å². The number of nitrogens with two attached hydrogens (primary N) is 1. The fraction of sp³-hybridized carbons (Fsp3) is 0.400. The van der Waals surface area contributed by atoms with Gasteiger partial charge in [0.05, 0.1) is 12.8 Å². The molecule has 0 amide bonds. The van der Waals surface area contributed by atoms with Crippen LogP contribution in [-0.4, -0.2) is 25.2 Å². The first kappa shape index (κ1) is 14.8. The van der Waals surface area contributed by atoms with Crippen molar-refractivity contribution in [1.29, 1.82) is 0 Å². The zero-order chi connectivity index (χ0) is 14.5. The van der Waals surface area contributed by atoms with E-state index >= 15 is 0 Å². The molecule has 2 rings (SSSR count). The maximum atomic E-state index is 5.66. The lowest BCUT2D eigenvalue weighted by atomic mass is 10.2. The number of hydrogen-bond donors (Lipinski definition) is 1. The van der Waals surface area contributed by atoms with Gasteiger partial charge >= 0.3 is 0 Å². The molecular formula is C15H21N3OS. The minimum Gasteiger partial charge on any atom is -0.497 e. The summed E-state index contributed by atoms with van der Waals surface area (Å²) >= 11 is 1.71. The molecule has 0 bridgehead atoms. The zero-order valence-corrected chi connectivity index (χ0v) is 13.0. The molecule has 0 aliphatic heterocycles. The van der Waals surface area contributed by atoms with Crippen molar-refractivity contribution >= 4 is 22.2 Å². The van der Waals surface area contributed by atoms with Crippen LogP contribution >= 0.6 is 11.3 Å². The number of nitrogens with zero attached hydrogens (tertiary/aromatic N) is 2. The van der Waals surface area contributed by atoms with Gasteiger partial charge in [0.25, 0.3) is 0 Å². The number of thiazole rings is 1. The summed E-state index contributed by atoms with van der Waals surface area (Å²) in [5, 5.41) is 1.02. The van der Waals surface area contributed by atoms with E-state index in [2.05, 4.69) is 22.9 Å². The molecule has 5 heteroatoms. The van der Waals surface area contributed by atoms with Crippen molar-refractivity contribution in [2.45, 2.75) is 20.3 Å². The number of methoxy groups -OCH3 is 1. The van der Waals surface area contributed by atoms with Crippen LogP contribution in [0.2, 0.25) is 0 Å². The minimum atomic E-state index is 0.670. The van der Waals surface area contributed by atoms with Crippen molar-refractivity contribution in [3.8, 4) is 5.75 Å². The average Bonchev–Trinajstić information content (AvgIpc) is 2.79. The molecular weight excluding hydrogens is 270 g/mol. The molecule has 0 aliphatic rings. The number of anilines is 2. The van der Waals surface area contributed by atoms with Gasteiger partial charge in [0, 0.05) is 23.2 Å². The molecule has 0 atom stereocenters. The molecule has 0 spiro atoms. The number of hydrogen-bond acceptors (Lipinski definition) is 5. The van der Waals surface area contributed by atoms with E-state index < -0.39 is 0 Å². The Bertz CT molecular complexity index is 548. The van der Waals surface area contributed by atoms with Gasteiger partial charge in [-0.1, -0.05) is 6.07 Å². The van der Waals surface area contributed by atoms with Crippen molar-refractivity contribution in [1.82, 2.24) is 4.98 Å². The SMILES string of the molecule is COc1cccc(N(CCCN)c2nc(C)c(C)s2)c1. The van der Waals surface area contributed by atoms with E-state index in [1.165, 1.54) is 4.88 Å². The fourth-order valence-electron chi connectivity index (χ4n) is 1.93. The van der Waals surface area contributed by atoms with Crippen LogP contribution in [0, 0.1) is 13.8 Å². The standard InChI is InChI=1S/C15H21N3OS/c1-11-12(2)20-15(17-11)18(9-5-8-16)13-6-4-7-14(10-13)19-3/h4,6-7,10H,5,8-9,16H2,1-3H3. The van der Waals surface area contributed by atoms with Crippen LogP contribution in [0.25, 0.3) is 0 Å². The zero-order valence-electron chi connectivity index (χ0n) is 12.2. The lowest BCUT2D eigenvalue weighted by molar-refractivity contribution is 0.415. The third-order valence-corrected chi connectivity index (χ3v) is 4.29. The Morgan fingerprint density at radius 1 is 1.35 bits per heavy atom. The molecule has 0 unspecified atom stereocenters. The largest absolute Gasteiger partial charge is 0.497 e. The summed E-state index contributed by atoms with van der Waals surface area (Å²) in [6.45, 7) is 5.67. The highest BCUT2D eigenvalue weighted by Gasteiger charge is 2.14. The van der Waals surface area contributed by atoms with E-state index in [0.29, 0.717) is 6.54 Å². The number of aromatic nitrogens is 1. The van der Waals surface area contributed by atoms with Gasteiger partial charge in [-0.3, -0.25) is 0 Å². The van der Waals surface area contributed by atoms with Crippen LogP contribution < -0.4 is 15.4 Å². The van der Waals surface area contributed by atoms with Crippen molar-refractivity contribution < 1.29 is 4.74 Å². The maximum Gasteiger partial charge on any atom is 0.190 e. The van der Waals surface area contributed by atoms with Crippen LogP contribution in [0.3, 0.4) is 0 Å². The summed E-state index contributed by atoms with van der Waals surface area (Å²) < 4.78 is 5.31. The molecule has 0 fully saturated rings. The molecule has 1 aromatic carbocycles. The van der Waals surface area contributed by atoms with Gasteiger partial charge < -0.3 is 15.4 Å². The molecule has 0 saturated carbocycles. The lowest BCUT2D eigenvalue weighted by Gasteiger charge is -2.22. The fourth-order valence-corrected chi connectivity index (χ4v) is 2.89. The van der Waals surface area contributed by atoms with Crippen molar-refractivity contribution in [2.75, 3.05) is 25.1 Å². The van der Waals surface area contributed by atoms with Crippen molar-refractivity contribution in [3.05, 3.63) is 34.8 Å². The predicted molar refractivity (Wildman–Crippen MR) is 85.3 cm³/mol. The summed E-state index contributed by atoms with van der Waals surface area (Å²) in [6.07, 6.45) is 0.925. The quantitative estimate of drug-likeness (QED) is 0.887. The normalized spacial score (nSPS) is 10.6. The van der Waals surface area contributed by atoms with E-state index in [4.69, 9.17) is 10.5 Å². The smallest absolute Gasteiger partial charge is 0.190 e. The number of aryl methyl sites for hydroxylation is 2. The highest BCUT2D eigenvalue weighted by molar-refractivity contribution is 7.15. The van der Waals surface area contributed by atoms with Crippen LogP contribution in [0.4, 0.5) is 10.8 Å². The molecule has 4 nitrogen and oxygen atoms in total. The number of rotatable bonds is 6. The predicted octanol–water partition coefficient (Wildman–Crippen LogP) is 3.26. The Labute approximate surface area is 124 Å². The molecule has 1 aromatic heterocycles. The first-order valence-electron chi connectivity index (χ1n) is 6.71. The Morgan fingerprint density at radius 2 is 2.15 bits per heavy atom. The van der Waals surface area contributed by atoms with E-state index in [9.17, 15) is 0 Å². The summed E-state index contributed by atoms with van der Waals surface area (Å²) in [7, 11) is 1.68. The van der Waals surface area contributed by atoms with Gasteiger partial charge in [0.1, 0.15) is 5.75 Å². The Morgan fingerprint density at radius 3 is 2.75 bits per heavy atom. The highest BCUT2D eigenvalue weighted by Crippen LogP contribution is 2.32. The Kier molecular flexibility index (Phi) is 4.98. The molecule has 20 heavy (non-hydrogen) atoms. The van der Waals surface area contributed by atoms with Gasteiger partial charge in [-0.05, 0) is 38.9 Å². The minimum absolute atomic E-state index is 0.670. The summed E-state index contributed by atoms with van der Waals surface area (Å²) in [5.41, 5.74) is 7.83. The summed E-state index contributed by atoms with van der Waals surface area (Å²) in [5.74, 6) is 0.852. The molecule has 2 aromatic rings. The van der Waals surface area contributed by atoms with Gasteiger partial charge in [0.2, 0.25) is 0 Å². The second-order valence-corrected chi connectivity index (χ2v) is 5.82. The molecule has 0 saturated heterocycles. The van der Waals surface area contributed by atoms with Crippen molar-refractivity contribution in [2.24, 2.45) is 5.73 Å². The van der Waals surface area contributed by atoms with Crippen LogP contribution in [-0.2, 0) is 0 Å². The Balaban J connectivity index is 2.35. The average molecular weight is 291 g/mol. The maximum absolute atomic E-state index is 5.66. The van der Waals surface area contributed by atoms with Gasteiger partial charge in [-0.25, -0.2) is 4.98 Å². The topological polar surface area (TPSA) is 51.4 Å². The van der Waals surface area contributed by atoms with Crippen LogP contribution in [0.15, 0.2) is 24.3 Å². The number of benzene rings is 1. The number of ether oxygens (including phenoxy) is 1. The highest BCUT2D eigenvalue weighted by atomic mass is 32.1. The van der Waals surface area contributed by atoms with E-state index in [0.717, 1.165) is 35.2 Å². The van der Waals surface area contributed by atoms with E-state index in [1.54, 1.807) is 18.4 Å². The summed E-state index contributed by atoms with van der Waals surface area (Å²) in [4.78, 5) is 8.12. The molecule has 108 valence electrons. The second-order valence-electron chi connectivity index (χ2n) is 4.63. The van der Waals surface area contributed by atoms with Crippen LogP contribution in [0.1, 0.15) is 17.0 Å². The third-order valence-electron chi connectivity index (χ3n) is 3.20. The van der Waals surface area contributed by atoms with E-state index in [-0.39, 0.29) is 0 Å². The monoisotopic (exact) mass is 291 g/mol. The van der Waals surface area contributed by atoms with E-state index in [1.807, 2.05) is 25.1 Å². The second kappa shape index (κ2) is 6.72. The van der Waals surface area contributed by atoms with Gasteiger partial charge in [-0.2, -0.15) is 0 Å². The van der Waals surface area contributed by atoms with Crippen molar-refractivity contribution in [3.63, 3.8) is 0 Å². The molecule has 0 aliphatic carbocycles. The first-order valence-corrected chi connectivity index (χ1v) is 7.53. The first-order chi connectivity index (χ1) is 9.65. The third kappa shape index (κ3) is 3.29. The molecule has 2 N–H and O–H groups in total.